The van der Waals surface area contributed by atoms with Gasteiger partial charge < -0.3 is 10.6 Å². The summed E-state index contributed by atoms with van der Waals surface area (Å²) in [5.41, 5.74) is 7.13. The fraction of sp³-hybridized carbons (Fsp3) is 0.733. The first-order valence-corrected chi connectivity index (χ1v) is 7.44. The van der Waals surface area contributed by atoms with E-state index in [9.17, 15) is 0 Å². The largest absolute Gasteiger partial charge is 0.383 e. The third-order valence-electron chi connectivity index (χ3n) is 4.18. The fourth-order valence-corrected chi connectivity index (χ4v) is 3.05. The minimum absolute atomic E-state index is 0.351. The predicted molar refractivity (Wildman–Crippen MR) is 80.4 cm³/mol. The van der Waals surface area contributed by atoms with Crippen molar-refractivity contribution >= 4 is 11.6 Å². The van der Waals surface area contributed by atoms with Crippen molar-refractivity contribution in [1.82, 2.24) is 9.97 Å². The number of nitrogen functional groups attached to an aromatic ring is 1. The third kappa shape index (κ3) is 3.17. The maximum absolute atomic E-state index is 6.04. The Balaban J connectivity index is 2.27. The highest BCUT2D eigenvalue weighted by Crippen LogP contribution is 2.32. The zero-order valence-corrected chi connectivity index (χ0v) is 12.4. The van der Waals surface area contributed by atoms with Crippen LogP contribution in [0.2, 0.25) is 0 Å². The van der Waals surface area contributed by atoms with Crippen LogP contribution in [0.4, 0.5) is 11.6 Å². The molecule has 1 saturated carbocycles. The molecule has 4 nitrogen and oxygen atoms in total. The summed E-state index contributed by atoms with van der Waals surface area (Å²) in [5.74, 6) is 2.00. The maximum Gasteiger partial charge on any atom is 0.137 e. The van der Waals surface area contributed by atoms with Gasteiger partial charge in [-0.1, -0.05) is 39.5 Å². The number of aromatic nitrogens is 2. The van der Waals surface area contributed by atoms with Gasteiger partial charge in [0.25, 0.3) is 0 Å². The van der Waals surface area contributed by atoms with Crippen LogP contribution in [0, 0.1) is 0 Å². The Bertz CT molecular complexity index is 409. The van der Waals surface area contributed by atoms with Crippen molar-refractivity contribution in [2.45, 2.75) is 64.3 Å². The summed E-state index contributed by atoms with van der Waals surface area (Å²) in [4.78, 5) is 11.0. The van der Waals surface area contributed by atoms with E-state index < -0.39 is 0 Å². The highest BCUT2D eigenvalue weighted by atomic mass is 15.2. The van der Waals surface area contributed by atoms with Crippen LogP contribution in [-0.4, -0.2) is 23.1 Å². The van der Waals surface area contributed by atoms with Crippen LogP contribution in [0.15, 0.2) is 6.33 Å². The van der Waals surface area contributed by atoms with E-state index in [1.54, 1.807) is 6.33 Å². The van der Waals surface area contributed by atoms with Crippen LogP contribution >= 0.6 is 0 Å². The molecule has 0 saturated heterocycles. The Hall–Kier alpha value is -1.32. The van der Waals surface area contributed by atoms with E-state index >= 15 is 0 Å². The van der Waals surface area contributed by atoms with Crippen molar-refractivity contribution < 1.29 is 0 Å². The smallest absolute Gasteiger partial charge is 0.137 e. The lowest BCUT2D eigenvalue weighted by atomic mass is 10.0. The van der Waals surface area contributed by atoms with Crippen LogP contribution in [0.3, 0.4) is 0 Å². The number of hydrogen-bond acceptors (Lipinski definition) is 4. The number of rotatable bonds is 3. The second kappa shape index (κ2) is 6.22. The van der Waals surface area contributed by atoms with Gasteiger partial charge >= 0.3 is 0 Å². The summed E-state index contributed by atoms with van der Waals surface area (Å²) in [7, 11) is 2.16. The molecule has 1 aliphatic rings. The highest BCUT2D eigenvalue weighted by Gasteiger charge is 2.22. The van der Waals surface area contributed by atoms with Crippen LogP contribution in [-0.2, 0) is 0 Å². The fourth-order valence-electron chi connectivity index (χ4n) is 3.05. The molecule has 1 aromatic heterocycles. The molecular formula is C15H26N4. The van der Waals surface area contributed by atoms with Crippen molar-refractivity contribution in [3.05, 3.63) is 11.9 Å². The van der Waals surface area contributed by atoms with Gasteiger partial charge in [-0.2, -0.15) is 0 Å². The lowest BCUT2D eigenvalue weighted by Gasteiger charge is -2.30. The van der Waals surface area contributed by atoms with Crippen LogP contribution in [0.25, 0.3) is 0 Å². The molecule has 0 bridgehead atoms. The summed E-state index contributed by atoms with van der Waals surface area (Å²) >= 11 is 0. The molecule has 1 aromatic rings. The lowest BCUT2D eigenvalue weighted by molar-refractivity contribution is 0.546. The van der Waals surface area contributed by atoms with Gasteiger partial charge in [0.05, 0.1) is 0 Å². The molecule has 0 atom stereocenters. The van der Waals surface area contributed by atoms with E-state index in [4.69, 9.17) is 5.73 Å². The first kappa shape index (κ1) is 14.1. The predicted octanol–water partition coefficient (Wildman–Crippen LogP) is 3.34. The summed E-state index contributed by atoms with van der Waals surface area (Å²) in [6, 6.07) is 0.592. The first-order valence-electron chi connectivity index (χ1n) is 7.44. The molecule has 1 heterocycles. The van der Waals surface area contributed by atoms with Gasteiger partial charge in [-0.25, -0.2) is 9.97 Å². The molecule has 1 aliphatic carbocycles. The Labute approximate surface area is 116 Å². The van der Waals surface area contributed by atoms with Crippen molar-refractivity contribution in [3.63, 3.8) is 0 Å². The minimum atomic E-state index is 0.351. The maximum atomic E-state index is 6.04. The summed E-state index contributed by atoms with van der Waals surface area (Å²) in [6.45, 7) is 4.30. The van der Waals surface area contributed by atoms with E-state index in [0.717, 1.165) is 11.4 Å². The van der Waals surface area contributed by atoms with Gasteiger partial charge in [-0.15, -0.1) is 0 Å². The van der Waals surface area contributed by atoms with Gasteiger partial charge in [-0.05, 0) is 18.8 Å². The van der Waals surface area contributed by atoms with Gasteiger partial charge in [0.2, 0.25) is 0 Å². The number of hydrogen-bond donors (Lipinski definition) is 1. The number of anilines is 2. The van der Waals surface area contributed by atoms with Crippen LogP contribution < -0.4 is 10.6 Å². The monoisotopic (exact) mass is 262 g/mol. The Morgan fingerprint density at radius 1 is 1.16 bits per heavy atom. The highest BCUT2D eigenvalue weighted by molar-refractivity contribution is 5.58. The Kier molecular flexibility index (Phi) is 4.61. The summed E-state index contributed by atoms with van der Waals surface area (Å²) in [5, 5.41) is 0. The minimum Gasteiger partial charge on any atom is -0.383 e. The van der Waals surface area contributed by atoms with Crippen molar-refractivity contribution in [3.8, 4) is 0 Å². The standard InChI is InChI=1S/C15H26N4/c1-11(2)13-14(16)17-10-18-15(13)19(3)12-8-6-4-5-7-9-12/h10-12H,4-9H2,1-3H3,(H2,16,17,18). The van der Waals surface area contributed by atoms with Gasteiger partial charge in [-0.3, -0.25) is 0 Å². The molecule has 0 spiro atoms. The quantitative estimate of drug-likeness (QED) is 0.849. The van der Waals surface area contributed by atoms with E-state index in [1.165, 1.54) is 38.5 Å². The molecule has 0 aromatic carbocycles. The average molecular weight is 262 g/mol. The lowest BCUT2D eigenvalue weighted by Crippen LogP contribution is -2.33. The van der Waals surface area contributed by atoms with Gasteiger partial charge in [0.15, 0.2) is 0 Å². The van der Waals surface area contributed by atoms with Crippen molar-refractivity contribution in [2.24, 2.45) is 0 Å². The molecule has 2 rings (SSSR count). The third-order valence-corrected chi connectivity index (χ3v) is 4.18. The first-order chi connectivity index (χ1) is 9.11. The zero-order chi connectivity index (χ0) is 13.8. The van der Waals surface area contributed by atoms with E-state index in [1.807, 2.05) is 0 Å². The zero-order valence-electron chi connectivity index (χ0n) is 12.4. The van der Waals surface area contributed by atoms with Crippen LogP contribution in [0.1, 0.15) is 63.9 Å². The summed E-state index contributed by atoms with van der Waals surface area (Å²) in [6.07, 6.45) is 9.50. The molecule has 0 amide bonds. The molecule has 2 N–H and O–H groups in total. The molecular weight excluding hydrogens is 236 g/mol. The summed E-state index contributed by atoms with van der Waals surface area (Å²) < 4.78 is 0. The van der Waals surface area contributed by atoms with Gasteiger partial charge in [0, 0.05) is 18.7 Å². The van der Waals surface area contributed by atoms with Crippen molar-refractivity contribution in [2.75, 3.05) is 17.7 Å². The van der Waals surface area contributed by atoms with Gasteiger partial charge in [0.1, 0.15) is 18.0 Å². The molecule has 1 fully saturated rings. The topological polar surface area (TPSA) is 55.0 Å². The molecule has 19 heavy (non-hydrogen) atoms. The SMILES string of the molecule is CC(C)c1c(N)ncnc1N(C)C1CCCCCC1. The number of nitrogens with two attached hydrogens (primary N) is 1. The van der Waals surface area contributed by atoms with E-state index in [0.29, 0.717) is 17.8 Å². The van der Waals surface area contributed by atoms with Crippen molar-refractivity contribution in [1.29, 1.82) is 0 Å². The number of nitrogens with zero attached hydrogens (tertiary/aromatic N) is 3. The second-order valence-electron chi connectivity index (χ2n) is 5.91. The molecule has 0 radical (unpaired) electrons. The van der Waals surface area contributed by atoms with E-state index in [-0.39, 0.29) is 0 Å². The second-order valence-corrected chi connectivity index (χ2v) is 5.91. The molecule has 106 valence electrons. The molecule has 0 unspecified atom stereocenters. The Morgan fingerprint density at radius 2 is 1.79 bits per heavy atom. The molecule has 0 aliphatic heterocycles. The normalized spacial score (nSPS) is 17.5. The van der Waals surface area contributed by atoms with E-state index in [2.05, 4.69) is 35.8 Å². The van der Waals surface area contributed by atoms with Crippen LogP contribution in [0.5, 0.6) is 0 Å². The molecule has 4 heteroatoms. The Morgan fingerprint density at radius 3 is 2.37 bits per heavy atom. The average Bonchev–Trinajstić information content (AvgIpc) is 2.66.